The molecule has 0 saturated carbocycles. The van der Waals surface area contributed by atoms with E-state index in [0.717, 1.165) is 0 Å². The summed E-state index contributed by atoms with van der Waals surface area (Å²) in [5, 5.41) is 0. The number of hydrogen-bond donors (Lipinski definition) is 1. The Labute approximate surface area is 245 Å². The number of ether oxygens (including phenoxy) is 1. The van der Waals surface area contributed by atoms with Gasteiger partial charge in [-0.2, -0.15) is 22.0 Å². The molecule has 10 nitrogen and oxygen atoms in total. The first kappa shape index (κ1) is 33.8. The molecule has 4 amide bonds. The van der Waals surface area contributed by atoms with E-state index in [1.54, 1.807) is 58.0 Å². The number of sulfonamides is 1. The van der Waals surface area contributed by atoms with Crippen LogP contribution in [0.4, 0.5) is 22.8 Å². The zero-order chi connectivity index (χ0) is 31.5. The van der Waals surface area contributed by atoms with Gasteiger partial charge in [0, 0.05) is 38.9 Å². The van der Waals surface area contributed by atoms with E-state index in [0.29, 0.717) is 22.7 Å². The van der Waals surface area contributed by atoms with Crippen LogP contribution in [0.25, 0.3) is 0 Å². The molecule has 236 valence electrons. The molecule has 0 aliphatic carbocycles. The number of urea groups is 1. The molecule has 42 heavy (non-hydrogen) atoms. The van der Waals surface area contributed by atoms with Crippen molar-refractivity contribution in [1.82, 2.24) is 9.21 Å². The molecular weight excluding hydrogens is 577 g/mol. The predicted octanol–water partition coefficient (Wildman–Crippen LogP) is 4.04. The Morgan fingerprint density at radius 1 is 1.10 bits per heavy atom. The standard InChI is InChI=1S/C28H41F3N4O6S/c1-20-9-8-16-35(20,25(32)37)24(36)23(17-21-10-6-5-7-11-21)34(42(39,40)19-28(29,30)31)18-22-12-14-33(15-13-22)26(38)41-27(2,3)4/h5-7,10-11,20,22-23H,8-9,12-19H2,1-4H3,(H-,32,37)/p+1/t20-,23-,35?/m1/s1. The minimum atomic E-state index is -5.08. The number of alkyl halides is 3. The van der Waals surface area contributed by atoms with Gasteiger partial charge in [-0.05, 0) is 52.0 Å². The Morgan fingerprint density at radius 3 is 2.17 bits per heavy atom. The quantitative estimate of drug-likeness (QED) is 0.438. The highest BCUT2D eigenvalue weighted by molar-refractivity contribution is 7.89. The molecule has 14 heteroatoms. The van der Waals surface area contributed by atoms with E-state index in [4.69, 9.17) is 10.5 Å². The highest BCUT2D eigenvalue weighted by Gasteiger charge is 2.56. The van der Waals surface area contributed by atoms with Crippen molar-refractivity contribution in [2.24, 2.45) is 11.7 Å². The zero-order valence-electron chi connectivity index (χ0n) is 24.6. The second-order valence-corrected chi connectivity index (χ2v) is 14.2. The highest BCUT2D eigenvalue weighted by Crippen LogP contribution is 2.33. The number of imide groups is 1. The normalized spacial score (nSPS) is 23.1. The van der Waals surface area contributed by atoms with Gasteiger partial charge in [0.25, 0.3) is 0 Å². The topological polar surface area (TPSA) is 127 Å². The van der Waals surface area contributed by atoms with Crippen molar-refractivity contribution >= 4 is 28.1 Å². The van der Waals surface area contributed by atoms with Gasteiger partial charge in [-0.1, -0.05) is 30.3 Å². The second-order valence-electron chi connectivity index (χ2n) is 12.3. The Balaban J connectivity index is 2.00. The van der Waals surface area contributed by atoms with Gasteiger partial charge in [-0.15, -0.1) is 0 Å². The summed E-state index contributed by atoms with van der Waals surface area (Å²) >= 11 is 0. The monoisotopic (exact) mass is 619 g/mol. The summed E-state index contributed by atoms with van der Waals surface area (Å²) in [4.78, 5) is 41.1. The summed E-state index contributed by atoms with van der Waals surface area (Å²) in [5.74, 6) is -3.43. The molecule has 1 unspecified atom stereocenters. The van der Waals surface area contributed by atoms with Crippen molar-refractivity contribution in [3.05, 3.63) is 35.9 Å². The summed E-state index contributed by atoms with van der Waals surface area (Å²) in [6.45, 7) is 6.94. The molecule has 3 rings (SSSR count). The highest BCUT2D eigenvalue weighted by atomic mass is 32.2. The van der Waals surface area contributed by atoms with Crippen LogP contribution in [-0.4, -0.2) is 95.9 Å². The number of likely N-dealkylation sites (tertiary alicyclic amines) is 2. The first-order chi connectivity index (χ1) is 19.4. The molecule has 0 spiro atoms. The third kappa shape index (κ3) is 8.22. The number of quaternary nitrogens is 1. The minimum Gasteiger partial charge on any atom is -0.444 e. The number of hydrogen-bond acceptors (Lipinski definition) is 6. The molecule has 2 aliphatic rings. The van der Waals surface area contributed by atoms with Crippen LogP contribution >= 0.6 is 0 Å². The van der Waals surface area contributed by atoms with Crippen molar-refractivity contribution < 1.29 is 45.2 Å². The first-order valence-electron chi connectivity index (χ1n) is 14.2. The minimum absolute atomic E-state index is 0.0437. The number of rotatable bonds is 8. The molecule has 0 bridgehead atoms. The Morgan fingerprint density at radius 2 is 1.69 bits per heavy atom. The third-order valence-electron chi connectivity index (χ3n) is 7.98. The largest absolute Gasteiger partial charge is 0.444 e. The molecule has 2 aliphatic heterocycles. The molecule has 2 fully saturated rings. The fraction of sp³-hybridized carbons (Fsp3) is 0.679. The summed E-state index contributed by atoms with van der Waals surface area (Å²) in [7, 11) is -5.08. The first-order valence-corrected chi connectivity index (χ1v) is 15.8. The average molecular weight is 620 g/mol. The van der Waals surface area contributed by atoms with E-state index in [-0.39, 0.29) is 45.4 Å². The van der Waals surface area contributed by atoms with Crippen LogP contribution in [0.3, 0.4) is 0 Å². The summed E-state index contributed by atoms with van der Waals surface area (Å²) < 4.78 is 73.0. The molecule has 1 aromatic rings. The van der Waals surface area contributed by atoms with Crippen LogP contribution in [0.2, 0.25) is 0 Å². The SMILES string of the molecule is C[C@@H]1CCC[N+]1(C(N)=O)C(=O)[C@@H](Cc1ccccc1)N(CC1CCN(C(=O)OC(C)(C)C)CC1)S(=O)(=O)CC(F)(F)F. The van der Waals surface area contributed by atoms with Gasteiger partial charge in [0.05, 0.1) is 6.54 Å². The van der Waals surface area contributed by atoms with Crippen molar-refractivity contribution in [2.45, 2.75) is 83.7 Å². The van der Waals surface area contributed by atoms with Crippen molar-refractivity contribution in [3.63, 3.8) is 0 Å². The fourth-order valence-corrected chi connectivity index (χ4v) is 7.43. The van der Waals surface area contributed by atoms with Crippen LogP contribution in [0.15, 0.2) is 30.3 Å². The fourth-order valence-electron chi connectivity index (χ4n) is 5.86. The lowest BCUT2D eigenvalue weighted by Gasteiger charge is -2.40. The maximum atomic E-state index is 14.3. The van der Waals surface area contributed by atoms with Gasteiger partial charge in [0.2, 0.25) is 10.0 Å². The number of primary amides is 1. The van der Waals surface area contributed by atoms with E-state index < -0.39 is 68.1 Å². The molecule has 2 saturated heterocycles. The van der Waals surface area contributed by atoms with Crippen molar-refractivity contribution in [3.8, 4) is 0 Å². The third-order valence-corrected chi connectivity index (χ3v) is 9.79. The molecule has 2 heterocycles. The van der Waals surface area contributed by atoms with Crippen LogP contribution < -0.4 is 5.73 Å². The number of carbonyl (C=O) groups excluding carboxylic acids is 3. The molecule has 0 aromatic heterocycles. The van der Waals surface area contributed by atoms with E-state index in [1.807, 2.05) is 0 Å². The molecule has 1 aromatic carbocycles. The molecular formula is C28H42F3N4O6S+. The number of benzene rings is 1. The predicted molar refractivity (Wildman–Crippen MR) is 149 cm³/mol. The van der Waals surface area contributed by atoms with Crippen LogP contribution in [0.1, 0.15) is 58.9 Å². The maximum absolute atomic E-state index is 14.3. The summed E-state index contributed by atoms with van der Waals surface area (Å²) in [6, 6.07) is 5.25. The number of nitrogens with zero attached hydrogens (tertiary/aromatic N) is 3. The number of piperidine rings is 1. The molecule has 2 N–H and O–H groups in total. The van der Waals surface area contributed by atoms with E-state index >= 15 is 0 Å². The smallest absolute Gasteiger partial charge is 0.421 e. The van der Waals surface area contributed by atoms with Crippen molar-refractivity contribution in [1.29, 1.82) is 0 Å². The number of nitrogens with two attached hydrogens (primary N) is 1. The lowest BCUT2D eigenvalue weighted by molar-refractivity contribution is -0.784. The lowest BCUT2D eigenvalue weighted by atomic mass is 9.95. The van der Waals surface area contributed by atoms with Crippen LogP contribution in [0.5, 0.6) is 0 Å². The molecule has 3 atom stereocenters. The van der Waals surface area contributed by atoms with Gasteiger partial charge < -0.3 is 15.4 Å². The van der Waals surface area contributed by atoms with E-state index in [1.165, 1.54) is 4.90 Å². The van der Waals surface area contributed by atoms with Gasteiger partial charge >= 0.3 is 24.2 Å². The maximum Gasteiger partial charge on any atom is 0.421 e. The van der Waals surface area contributed by atoms with Gasteiger partial charge in [0.15, 0.2) is 5.75 Å². The van der Waals surface area contributed by atoms with Crippen LogP contribution in [0, 0.1) is 5.92 Å². The number of amides is 4. The van der Waals surface area contributed by atoms with Gasteiger partial charge in [0.1, 0.15) is 17.7 Å². The number of carbonyl (C=O) groups is 3. The average Bonchev–Trinajstić information content (AvgIpc) is 3.26. The van der Waals surface area contributed by atoms with E-state index in [9.17, 15) is 36.0 Å². The summed E-state index contributed by atoms with van der Waals surface area (Å²) in [6.07, 6.45) is -4.29. The molecule has 0 radical (unpaired) electrons. The Hall–Kier alpha value is -2.71. The summed E-state index contributed by atoms with van der Waals surface area (Å²) in [5.41, 5.74) is 5.56. The van der Waals surface area contributed by atoms with Gasteiger partial charge in [-0.3, -0.25) is 0 Å². The Kier molecular flexibility index (Phi) is 10.4. The lowest BCUT2D eigenvalue weighted by Crippen LogP contribution is -2.67. The Bertz CT molecular complexity index is 1230. The number of halogens is 3. The second kappa shape index (κ2) is 12.9. The van der Waals surface area contributed by atoms with Gasteiger partial charge in [-0.25, -0.2) is 22.8 Å². The zero-order valence-corrected chi connectivity index (χ0v) is 25.4. The van der Waals surface area contributed by atoms with Crippen LogP contribution in [-0.2, 0) is 26.0 Å². The van der Waals surface area contributed by atoms with Crippen molar-refractivity contribution in [2.75, 3.05) is 31.9 Å². The van der Waals surface area contributed by atoms with E-state index in [2.05, 4.69) is 0 Å².